The highest BCUT2D eigenvalue weighted by molar-refractivity contribution is 7.98. The summed E-state index contributed by atoms with van der Waals surface area (Å²) in [6, 6.07) is 8.20. The minimum atomic E-state index is 0.519. The molecule has 0 aliphatic heterocycles. The van der Waals surface area contributed by atoms with Crippen LogP contribution < -0.4 is 14.8 Å². The minimum absolute atomic E-state index is 0.519. The first-order valence-electron chi connectivity index (χ1n) is 6.08. The third-order valence-corrected chi connectivity index (χ3v) is 3.52. The van der Waals surface area contributed by atoms with Crippen LogP contribution in [0.4, 0.5) is 5.69 Å². The second-order valence-corrected chi connectivity index (χ2v) is 4.84. The second-order valence-electron chi connectivity index (χ2n) is 3.96. The number of methoxy groups -OCH3 is 2. The van der Waals surface area contributed by atoms with E-state index in [9.17, 15) is 0 Å². The molecule has 0 aliphatic carbocycles. The van der Waals surface area contributed by atoms with Gasteiger partial charge in [0.05, 0.1) is 26.3 Å². The molecule has 1 heterocycles. The molecule has 0 unspecified atom stereocenters. The fourth-order valence-corrected chi connectivity index (χ4v) is 2.27. The number of rotatable bonds is 6. The molecule has 2 rings (SSSR count). The summed E-state index contributed by atoms with van der Waals surface area (Å²) in [5.41, 5.74) is 1.83. The van der Waals surface area contributed by atoms with Gasteiger partial charge in [0.15, 0.2) is 0 Å². The molecule has 0 amide bonds. The van der Waals surface area contributed by atoms with Gasteiger partial charge in [0.2, 0.25) is 11.8 Å². The Kier molecular flexibility index (Phi) is 5.06. The molecule has 0 fully saturated rings. The predicted molar refractivity (Wildman–Crippen MR) is 80.7 cm³/mol. The molecule has 0 saturated heterocycles. The van der Waals surface area contributed by atoms with Crippen molar-refractivity contribution in [1.29, 1.82) is 0 Å². The van der Waals surface area contributed by atoms with E-state index in [0.29, 0.717) is 18.3 Å². The molecular formula is C14H17N3O2S. The van der Waals surface area contributed by atoms with E-state index in [4.69, 9.17) is 9.47 Å². The highest BCUT2D eigenvalue weighted by Gasteiger charge is 2.12. The van der Waals surface area contributed by atoms with Gasteiger partial charge in [-0.3, -0.25) is 0 Å². The Morgan fingerprint density at radius 2 is 1.85 bits per heavy atom. The lowest BCUT2D eigenvalue weighted by molar-refractivity contribution is 0.363. The van der Waals surface area contributed by atoms with Crippen molar-refractivity contribution in [3.63, 3.8) is 0 Å². The molecule has 0 saturated carbocycles. The first-order chi connectivity index (χ1) is 9.78. The van der Waals surface area contributed by atoms with Crippen molar-refractivity contribution in [3.8, 4) is 11.8 Å². The van der Waals surface area contributed by atoms with Crippen molar-refractivity contribution in [3.05, 3.63) is 36.2 Å². The molecule has 0 bridgehead atoms. The van der Waals surface area contributed by atoms with Gasteiger partial charge in [0.25, 0.3) is 0 Å². The molecular weight excluding hydrogens is 274 g/mol. The number of ether oxygens (including phenoxy) is 2. The molecule has 2 aromatic rings. The van der Waals surface area contributed by atoms with Crippen LogP contribution in [-0.2, 0) is 6.54 Å². The molecule has 1 N–H and O–H groups in total. The largest absolute Gasteiger partial charge is 0.481 e. The molecule has 0 spiro atoms. The second kappa shape index (κ2) is 7.00. The van der Waals surface area contributed by atoms with Crippen LogP contribution in [0.25, 0.3) is 0 Å². The zero-order chi connectivity index (χ0) is 14.4. The van der Waals surface area contributed by atoms with Gasteiger partial charge in [0.1, 0.15) is 6.33 Å². The topological polar surface area (TPSA) is 56.3 Å². The van der Waals surface area contributed by atoms with Crippen LogP contribution in [-0.4, -0.2) is 30.4 Å². The SMILES string of the molecule is COc1ncnc(OC)c1CNc1cccc(SC)c1. The van der Waals surface area contributed by atoms with E-state index in [0.717, 1.165) is 11.3 Å². The summed E-state index contributed by atoms with van der Waals surface area (Å²) in [7, 11) is 3.17. The number of hydrogen-bond donors (Lipinski definition) is 1. The van der Waals surface area contributed by atoms with E-state index in [2.05, 4.69) is 33.7 Å². The molecule has 0 atom stereocenters. The average Bonchev–Trinajstić information content (AvgIpc) is 2.52. The van der Waals surface area contributed by atoms with E-state index in [1.807, 2.05) is 12.1 Å². The fourth-order valence-electron chi connectivity index (χ4n) is 1.81. The zero-order valence-electron chi connectivity index (χ0n) is 11.7. The van der Waals surface area contributed by atoms with Crippen LogP contribution in [0.3, 0.4) is 0 Å². The molecule has 0 radical (unpaired) electrons. The van der Waals surface area contributed by atoms with Crippen molar-refractivity contribution in [2.45, 2.75) is 11.4 Å². The molecule has 0 aliphatic rings. The van der Waals surface area contributed by atoms with Gasteiger partial charge < -0.3 is 14.8 Å². The number of nitrogens with one attached hydrogen (secondary N) is 1. The van der Waals surface area contributed by atoms with Crippen LogP contribution in [0, 0.1) is 0 Å². The fraction of sp³-hybridized carbons (Fsp3) is 0.286. The van der Waals surface area contributed by atoms with E-state index >= 15 is 0 Å². The maximum atomic E-state index is 5.25. The van der Waals surface area contributed by atoms with Crippen LogP contribution in [0.1, 0.15) is 5.56 Å². The first-order valence-corrected chi connectivity index (χ1v) is 7.30. The molecule has 6 heteroatoms. The molecule has 5 nitrogen and oxygen atoms in total. The summed E-state index contributed by atoms with van der Waals surface area (Å²) in [5.74, 6) is 1.04. The predicted octanol–water partition coefficient (Wildman–Crippen LogP) is 2.83. The normalized spacial score (nSPS) is 10.2. The van der Waals surface area contributed by atoms with Gasteiger partial charge >= 0.3 is 0 Å². The minimum Gasteiger partial charge on any atom is -0.481 e. The van der Waals surface area contributed by atoms with Crippen molar-refractivity contribution < 1.29 is 9.47 Å². The Bertz CT molecular complexity index is 556. The van der Waals surface area contributed by atoms with Crippen molar-refractivity contribution in [2.75, 3.05) is 25.8 Å². The van der Waals surface area contributed by atoms with Crippen molar-refractivity contribution >= 4 is 17.4 Å². The van der Waals surface area contributed by atoms with Gasteiger partial charge in [-0.1, -0.05) is 6.07 Å². The third-order valence-electron chi connectivity index (χ3n) is 2.79. The van der Waals surface area contributed by atoms with E-state index < -0.39 is 0 Å². The number of benzene rings is 1. The van der Waals surface area contributed by atoms with Gasteiger partial charge in [-0.25, -0.2) is 9.97 Å². The summed E-state index contributed by atoms with van der Waals surface area (Å²) < 4.78 is 10.5. The lowest BCUT2D eigenvalue weighted by atomic mass is 10.2. The third kappa shape index (κ3) is 3.33. The Morgan fingerprint density at radius 1 is 1.15 bits per heavy atom. The number of aromatic nitrogens is 2. The van der Waals surface area contributed by atoms with Crippen molar-refractivity contribution in [1.82, 2.24) is 9.97 Å². The van der Waals surface area contributed by atoms with E-state index in [1.54, 1.807) is 26.0 Å². The smallest absolute Gasteiger partial charge is 0.225 e. The van der Waals surface area contributed by atoms with Crippen molar-refractivity contribution in [2.24, 2.45) is 0 Å². The Hall–Kier alpha value is -1.95. The summed E-state index contributed by atoms with van der Waals surface area (Å²) >= 11 is 1.71. The summed E-state index contributed by atoms with van der Waals surface area (Å²) in [4.78, 5) is 9.40. The summed E-state index contributed by atoms with van der Waals surface area (Å²) in [6.45, 7) is 0.533. The quantitative estimate of drug-likeness (QED) is 0.826. The van der Waals surface area contributed by atoms with Gasteiger partial charge in [-0.15, -0.1) is 11.8 Å². The molecule has 1 aromatic carbocycles. The standard InChI is InChI=1S/C14H17N3O2S/c1-18-13-12(14(19-2)17-9-16-13)8-15-10-5-4-6-11(7-10)20-3/h4-7,9,15H,8H2,1-3H3. The lowest BCUT2D eigenvalue weighted by Gasteiger charge is -2.12. The van der Waals surface area contributed by atoms with Crippen LogP contribution in [0.15, 0.2) is 35.5 Å². The zero-order valence-corrected chi connectivity index (χ0v) is 12.5. The molecule has 20 heavy (non-hydrogen) atoms. The number of nitrogens with zero attached hydrogens (tertiary/aromatic N) is 2. The van der Waals surface area contributed by atoms with Crippen LogP contribution in [0.5, 0.6) is 11.8 Å². The van der Waals surface area contributed by atoms with Gasteiger partial charge in [0, 0.05) is 10.6 Å². The Labute approximate surface area is 122 Å². The van der Waals surface area contributed by atoms with Crippen LogP contribution >= 0.6 is 11.8 Å². The maximum Gasteiger partial charge on any atom is 0.225 e. The van der Waals surface area contributed by atoms with E-state index in [-0.39, 0.29) is 0 Å². The van der Waals surface area contributed by atoms with Crippen LogP contribution in [0.2, 0.25) is 0 Å². The summed E-state index contributed by atoms with van der Waals surface area (Å²) in [6.07, 6.45) is 3.48. The first kappa shape index (κ1) is 14.5. The summed E-state index contributed by atoms with van der Waals surface area (Å²) in [5, 5.41) is 3.33. The Morgan fingerprint density at radius 3 is 2.45 bits per heavy atom. The number of thioether (sulfide) groups is 1. The number of anilines is 1. The highest BCUT2D eigenvalue weighted by Crippen LogP contribution is 2.25. The molecule has 106 valence electrons. The monoisotopic (exact) mass is 291 g/mol. The van der Waals surface area contributed by atoms with Gasteiger partial charge in [-0.2, -0.15) is 0 Å². The maximum absolute atomic E-state index is 5.25. The molecule has 1 aromatic heterocycles. The Balaban J connectivity index is 2.17. The number of hydrogen-bond acceptors (Lipinski definition) is 6. The lowest BCUT2D eigenvalue weighted by Crippen LogP contribution is -2.06. The van der Waals surface area contributed by atoms with Gasteiger partial charge in [-0.05, 0) is 24.5 Å². The average molecular weight is 291 g/mol. The highest BCUT2D eigenvalue weighted by atomic mass is 32.2. The van der Waals surface area contributed by atoms with E-state index in [1.165, 1.54) is 11.2 Å².